The van der Waals surface area contributed by atoms with Gasteiger partial charge in [0.25, 0.3) is 0 Å². The molecule has 0 radical (unpaired) electrons. The van der Waals surface area contributed by atoms with Crippen LogP contribution in [0.25, 0.3) is 0 Å². The van der Waals surface area contributed by atoms with E-state index in [9.17, 15) is 14.4 Å². The van der Waals surface area contributed by atoms with Crippen LogP contribution < -0.4 is 10.2 Å². The number of piperazine rings is 1. The van der Waals surface area contributed by atoms with Gasteiger partial charge in [0.05, 0.1) is 19.6 Å². The van der Waals surface area contributed by atoms with E-state index in [1.807, 2.05) is 29.0 Å². The number of esters is 1. The van der Waals surface area contributed by atoms with Crippen LogP contribution in [0, 0.1) is 11.3 Å². The molecule has 10 nitrogen and oxygen atoms in total. The summed E-state index contributed by atoms with van der Waals surface area (Å²) < 4.78 is 9.66. The average Bonchev–Trinajstić information content (AvgIpc) is 2.87. The smallest absolute Gasteiger partial charge is 0.412 e. The number of benzene rings is 1. The first kappa shape index (κ1) is 25.3. The Kier molecular flexibility index (Phi) is 8.72. The van der Waals surface area contributed by atoms with Gasteiger partial charge in [-0.15, -0.1) is 0 Å². The molecule has 186 valence electrons. The van der Waals surface area contributed by atoms with E-state index in [2.05, 4.69) is 10.2 Å². The second-order valence-corrected chi connectivity index (χ2v) is 8.66. The number of amidine groups is 1. The zero-order valence-corrected chi connectivity index (χ0v) is 20.2. The minimum atomic E-state index is -0.640. The van der Waals surface area contributed by atoms with Crippen molar-refractivity contribution in [2.24, 2.45) is 5.92 Å². The van der Waals surface area contributed by atoms with Crippen LogP contribution in [-0.4, -0.2) is 86.7 Å². The van der Waals surface area contributed by atoms with Crippen LogP contribution in [0.1, 0.15) is 38.2 Å². The maximum absolute atomic E-state index is 13.0. The Hall–Kier alpha value is -3.30. The Morgan fingerprint density at radius 3 is 2.24 bits per heavy atom. The molecule has 1 aromatic rings. The topological polar surface area (TPSA) is 115 Å². The highest BCUT2D eigenvalue weighted by molar-refractivity contribution is 6.04. The third-order valence-corrected chi connectivity index (χ3v) is 6.65. The van der Waals surface area contributed by atoms with Gasteiger partial charge in [0, 0.05) is 50.5 Å². The molecular formula is C24H35N5O5. The normalized spacial score (nSPS) is 20.3. The molecule has 3 rings (SSSR count). The monoisotopic (exact) mass is 473 g/mol. The van der Waals surface area contributed by atoms with Crippen molar-refractivity contribution in [3.8, 4) is 0 Å². The van der Waals surface area contributed by atoms with Crippen molar-refractivity contribution in [2.45, 2.75) is 38.6 Å². The third kappa shape index (κ3) is 6.18. The molecule has 0 unspecified atom stereocenters. The highest BCUT2D eigenvalue weighted by Crippen LogP contribution is 2.28. The minimum absolute atomic E-state index is 0.0101. The van der Waals surface area contributed by atoms with E-state index in [0.29, 0.717) is 31.7 Å². The highest BCUT2D eigenvalue weighted by Gasteiger charge is 2.32. The SMILES string of the molecule is CCOC(=O)NC(=N)c1ccc(N2CCN(C(=O)N(C)[C@H]3CC[C@H](C(=O)OC)CC3)CC2)cc1. The lowest BCUT2D eigenvalue weighted by Gasteiger charge is -2.40. The number of carbonyl (C=O) groups excluding carboxylic acids is 3. The third-order valence-electron chi connectivity index (χ3n) is 6.65. The second-order valence-electron chi connectivity index (χ2n) is 8.66. The van der Waals surface area contributed by atoms with Crippen molar-refractivity contribution in [3.63, 3.8) is 0 Å². The van der Waals surface area contributed by atoms with Crippen LogP contribution in [0.2, 0.25) is 0 Å². The van der Waals surface area contributed by atoms with E-state index < -0.39 is 6.09 Å². The van der Waals surface area contributed by atoms with Gasteiger partial charge in [-0.2, -0.15) is 0 Å². The lowest BCUT2D eigenvalue weighted by atomic mass is 9.85. The Labute approximate surface area is 200 Å². The molecule has 0 spiro atoms. The molecule has 2 N–H and O–H groups in total. The Morgan fingerprint density at radius 2 is 1.68 bits per heavy atom. The molecule has 1 aliphatic heterocycles. The number of nitrogens with zero attached hydrogens (tertiary/aromatic N) is 3. The molecular weight excluding hydrogens is 438 g/mol. The first-order chi connectivity index (χ1) is 16.3. The number of rotatable bonds is 5. The summed E-state index contributed by atoms with van der Waals surface area (Å²) in [5.41, 5.74) is 1.60. The maximum Gasteiger partial charge on any atom is 0.412 e. The molecule has 2 fully saturated rings. The minimum Gasteiger partial charge on any atom is -0.469 e. The van der Waals surface area contributed by atoms with E-state index in [4.69, 9.17) is 14.9 Å². The molecule has 0 bridgehead atoms. The van der Waals surface area contributed by atoms with E-state index >= 15 is 0 Å². The molecule has 1 heterocycles. The lowest BCUT2D eigenvalue weighted by molar-refractivity contribution is -0.146. The van der Waals surface area contributed by atoms with E-state index in [1.54, 1.807) is 19.1 Å². The van der Waals surface area contributed by atoms with E-state index in [-0.39, 0.29) is 36.4 Å². The number of alkyl carbamates (subject to hydrolysis) is 1. The Morgan fingerprint density at radius 1 is 1.06 bits per heavy atom. The Balaban J connectivity index is 1.47. The molecule has 1 aromatic carbocycles. The summed E-state index contributed by atoms with van der Waals surface area (Å²) in [6.45, 7) is 4.64. The first-order valence-electron chi connectivity index (χ1n) is 11.8. The van der Waals surface area contributed by atoms with E-state index in [0.717, 1.165) is 31.4 Å². The number of urea groups is 1. The molecule has 0 atom stereocenters. The lowest BCUT2D eigenvalue weighted by Crippen LogP contribution is -2.54. The van der Waals surface area contributed by atoms with Gasteiger partial charge in [-0.3, -0.25) is 15.5 Å². The van der Waals surface area contributed by atoms with Crippen LogP contribution in [0.5, 0.6) is 0 Å². The summed E-state index contributed by atoms with van der Waals surface area (Å²) in [7, 11) is 3.28. The van der Waals surface area contributed by atoms with Crippen LogP contribution in [0.4, 0.5) is 15.3 Å². The summed E-state index contributed by atoms with van der Waals surface area (Å²) >= 11 is 0. The fourth-order valence-corrected chi connectivity index (χ4v) is 4.58. The van der Waals surface area contributed by atoms with Gasteiger partial charge in [0.1, 0.15) is 5.84 Å². The number of ether oxygens (including phenoxy) is 2. The number of carbonyl (C=O) groups is 3. The molecule has 3 amide bonds. The van der Waals surface area contributed by atoms with Crippen molar-refractivity contribution >= 4 is 29.6 Å². The van der Waals surface area contributed by atoms with Gasteiger partial charge in [-0.05, 0) is 56.9 Å². The summed E-state index contributed by atoms with van der Waals surface area (Å²) in [5.74, 6) is -0.211. The van der Waals surface area contributed by atoms with E-state index in [1.165, 1.54) is 7.11 Å². The fraction of sp³-hybridized carbons (Fsp3) is 0.583. The summed E-state index contributed by atoms with van der Waals surface area (Å²) in [6, 6.07) is 7.60. The number of anilines is 1. The van der Waals surface area contributed by atoms with Crippen molar-refractivity contribution in [2.75, 3.05) is 51.8 Å². The van der Waals surface area contributed by atoms with Gasteiger partial charge in [-0.25, -0.2) is 9.59 Å². The van der Waals surface area contributed by atoms with Crippen molar-refractivity contribution < 1.29 is 23.9 Å². The molecule has 10 heteroatoms. The number of amides is 3. The number of nitrogens with one attached hydrogen (secondary N) is 2. The molecule has 34 heavy (non-hydrogen) atoms. The predicted molar refractivity (Wildman–Crippen MR) is 128 cm³/mol. The molecule has 2 aliphatic rings. The van der Waals surface area contributed by atoms with Crippen molar-refractivity contribution in [1.82, 2.24) is 15.1 Å². The van der Waals surface area contributed by atoms with Crippen LogP contribution >= 0.6 is 0 Å². The number of hydrogen-bond acceptors (Lipinski definition) is 7. The quantitative estimate of drug-likeness (QED) is 0.386. The summed E-state index contributed by atoms with van der Waals surface area (Å²) in [5, 5.41) is 10.4. The van der Waals surface area contributed by atoms with Gasteiger partial charge < -0.3 is 24.2 Å². The van der Waals surface area contributed by atoms with Crippen LogP contribution in [-0.2, 0) is 14.3 Å². The van der Waals surface area contributed by atoms with Gasteiger partial charge in [0.2, 0.25) is 0 Å². The van der Waals surface area contributed by atoms with Gasteiger partial charge in [-0.1, -0.05) is 0 Å². The Bertz CT molecular complexity index is 874. The predicted octanol–water partition coefficient (Wildman–Crippen LogP) is 2.66. The van der Waals surface area contributed by atoms with Crippen molar-refractivity contribution in [1.29, 1.82) is 5.41 Å². The second kappa shape index (κ2) is 11.7. The molecule has 1 aliphatic carbocycles. The zero-order valence-electron chi connectivity index (χ0n) is 20.2. The number of hydrogen-bond donors (Lipinski definition) is 2. The highest BCUT2D eigenvalue weighted by atomic mass is 16.5. The van der Waals surface area contributed by atoms with Crippen molar-refractivity contribution in [3.05, 3.63) is 29.8 Å². The van der Waals surface area contributed by atoms with Gasteiger partial charge >= 0.3 is 18.1 Å². The molecule has 0 aromatic heterocycles. The first-order valence-corrected chi connectivity index (χ1v) is 11.8. The average molecular weight is 474 g/mol. The largest absolute Gasteiger partial charge is 0.469 e. The molecule has 1 saturated carbocycles. The molecule has 1 saturated heterocycles. The summed E-state index contributed by atoms with van der Waals surface area (Å²) in [4.78, 5) is 42.2. The summed E-state index contributed by atoms with van der Waals surface area (Å²) in [6.07, 6.45) is 2.50. The zero-order chi connectivity index (χ0) is 24.7. The van der Waals surface area contributed by atoms with Gasteiger partial charge in [0.15, 0.2) is 0 Å². The fourth-order valence-electron chi connectivity index (χ4n) is 4.58. The standard InChI is InChI=1S/C24H35N5O5/c1-4-34-23(31)26-21(25)17-5-11-20(12-6-17)28-13-15-29(16-14-28)24(32)27(2)19-9-7-18(8-10-19)22(30)33-3/h5-6,11-12,18-19H,4,7-10,13-16H2,1-3H3,(H2,25,26,31)/t18-,19-. The van der Waals surface area contributed by atoms with Crippen LogP contribution in [0.3, 0.4) is 0 Å². The number of methoxy groups -OCH3 is 1. The maximum atomic E-state index is 13.0. The van der Waals surface area contributed by atoms with Crippen LogP contribution in [0.15, 0.2) is 24.3 Å².